The molecule has 0 saturated carbocycles. The summed E-state index contributed by atoms with van der Waals surface area (Å²) in [6, 6.07) is 7.73. The van der Waals surface area contributed by atoms with E-state index in [2.05, 4.69) is 5.43 Å². The lowest BCUT2D eigenvalue weighted by Crippen LogP contribution is -2.40. The molecule has 0 aliphatic carbocycles. The van der Waals surface area contributed by atoms with Gasteiger partial charge in [-0.25, -0.2) is 0 Å². The average molecular weight is 191 g/mol. The monoisotopic (exact) mass is 191 g/mol. The first-order valence-electron chi connectivity index (χ1n) is 4.55. The van der Waals surface area contributed by atoms with E-state index < -0.39 is 0 Å². The van der Waals surface area contributed by atoms with Gasteiger partial charge in [0, 0.05) is 19.2 Å². The van der Waals surface area contributed by atoms with Crippen molar-refractivity contribution in [3.05, 3.63) is 29.8 Å². The molecule has 1 atom stereocenters. The van der Waals surface area contributed by atoms with Crippen LogP contribution < -0.4 is 16.2 Å². The van der Waals surface area contributed by atoms with Gasteiger partial charge in [0.1, 0.15) is 0 Å². The molecule has 1 heterocycles. The Morgan fingerprint density at radius 1 is 1.50 bits per heavy atom. The number of fused-ring (bicyclic) bond motifs is 1. The molecule has 1 unspecified atom stereocenters. The summed E-state index contributed by atoms with van der Waals surface area (Å²) in [6.45, 7) is 0. The summed E-state index contributed by atoms with van der Waals surface area (Å²) >= 11 is 0. The van der Waals surface area contributed by atoms with Gasteiger partial charge in [0.2, 0.25) is 5.91 Å². The molecule has 0 bridgehead atoms. The SMILES string of the molecule is CN1C(=O)CC(NN)c2ccccc21. The summed E-state index contributed by atoms with van der Waals surface area (Å²) < 4.78 is 0. The van der Waals surface area contributed by atoms with Crippen molar-refractivity contribution in [2.75, 3.05) is 11.9 Å². The Bertz CT molecular complexity index is 364. The Kier molecular flexibility index (Phi) is 2.23. The zero-order valence-electron chi connectivity index (χ0n) is 8.03. The molecule has 1 aliphatic rings. The highest BCUT2D eigenvalue weighted by molar-refractivity contribution is 5.96. The number of rotatable bonds is 1. The number of nitrogens with zero attached hydrogens (tertiary/aromatic N) is 1. The standard InChI is InChI=1S/C10H13N3O/c1-13-9-5-3-2-4-7(9)8(12-11)6-10(13)14/h2-5,8,12H,6,11H2,1H3. The van der Waals surface area contributed by atoms with Crippen LogP contribution in [-0.4, -0.2) is 13.0 Å². The molecule has 1 aromatic rings. The third kappa shape index (κ3) is 1.29. The van der Waals surface area contributed by atoms with Crippen molar-refractivity contribution >= 4 is 11.6 Å². The van der Waals surface area contributed by atoms with Crippen molar-refractivity contribution in [2.45, 2.75) is 12.5 Å². The second-order valence-corrected chi connectivity index (χ2v) is 3.43. The number of anilines is 1. The molecule has 0 spiro atoms. The van der Waals surface area contributed by atoms with E-state index in [0.29, 0.717) is 6.42 Å². The largest absolute Gasteiger partial charge is 0.315 e. The Labute approximate surface area is 82.7 Å². The molecule has 74 valence electrons. The molecule has 1 aliphatic heterocycles. The zero-order valence-corrected chi connectivity index (χ0v) is 8.03. The molecule has 0 saturated heterocycles. The smallest absolute Gasteiger partial charge is 0.228 e. The summed E-state index contributed by atoms with van der Waals surface area (Å²) in [5.41, 5.74) is 4.68. The van der Waals surface area contributed by atoms with Crippen LogP contribution in [0.2, 0.25) is 0 Å². The Morgan fingerprint density at radius 3 is 2.93 bits per heavy atom. The van der Waals surface area contributed by atoms with Gasteiger partial charge in [-0.1, -0.05) is 18.2 Å². The average Bonchev–Trinajstić information content (AvgIpc) is 2.23. The number of carbonyl (C=O) groups excluding carboxylic acids is 1. The number of nitrogens with two attached hydrogens (primary N) is 1. The molecule has 4 nitrogen and oxygen atoms in total. The summed E-state index contributed by atoms with van der Waals surface area (Å²) in [5.74, 6) is 5.49. The van der Waals surface area contributed by atoms with E-state index in [9.17, 15) is 4.79 Å². The van der Waals surface area contributed by atoms with Crippen LogP contribution in [0.25, 0.3) is 0 Å². The molecule has 1 amide bonds. The first-order valence-corrected chi connectivity index (χ1v) is 4.55. The lowest BCUT2D eigenvalue weighted by Gasteiger charge is -2.30. The quantitative estimate of drug-likeness (QED) is 0.503. The minimum Gasteiger partial charge on any atom is -0.315 e. The molecule has 0 aromatic heterocycles. The second kappa shape index (κ2) is 3.40. The van der Waals surface area contributed by atoms with Gasteiger partial charge >= 0.3 is 0 Å². The predicted molar refractivity (Wildman–Crippen MR) is 54.5 cm³/mol. The Balaban J connectivity index is 2.49. The summed E-state index contributed by atoms with van der Waals surface area (Å²) in [7, 11) is 1.79. The van der Waals surface area contributed by atoms with Crippen molar-refractivity contribution in [2.24, 2.45) is 5.84 Å². The van der Waals surface area contributed by atoms with Gasteiger partial charge in [-0.2, -0.15) is 0 Å². The summed E-state index contributed by atoms with van der Waals surface area (Å²) in [5, 5.41) is 0. The highest BCUT2D eigenvalue weighted by atomic mass is 16.2. The number of hydrogen-bond donors (Lipinski definition) is 2. The van der Waals surface area contributed by atoms with Crippen molar-refractivity contribution in [1.29, 1.82) is 0 Å². The minimum atomic E-state index is -0.0603. The molecule has 1 aromatic carbocycles. The number of para-hydroxylation sites is 1. The molecule has 4 heteroatoms. The van der Waals surface area contributed by atoms with Gasteiger partial charge in [0.15, 0.2) is 0 Å². The molecule has 3 N–H and O–H groups in total. The molecular formula is C10H13N3O. The van der Waals surface area contributed by atoms with Crippen molar-refractivity contribution in [1.82, 2.24) is 5.43 Å². The van der Waals surface area contributed by atoms with Crippen LogP contribution >= 0.6 is 0 Å². The van der Waals surface area contributed by atoms with Gasteiger partial charge in [0.05, 0.1) is 6.04 Å². The maximum Gasteiger partial charge on any atom is 0.228 e. The number of hydrogen-bond acceptors (Lipinski definition) is 3. The van der Waals surface area contributed by atoms with Gasteiger partial charge in [0.25, 0.3) is 0 Å². The minimum absolute atomic E-state index is 0.0603. The first-order chi connectivity index (χ1) is 6.74. The number of nitrogens with one attached hydrogen (secondary N) is 1. The van der Waals surface area contributed by atoms with Gasteiger partial charge in [-0.05, 0) is 11.6 Å². The fourth-order valence-corrected chi connectivity index (χ4v) is 1.79. The van der Waals surface area contributed by atoms with Crippen LogP contribution in [0.15, 0.2) is 24.3 Å². The van der Waals surface area contributed by atoms with E-state index in [4.69, 9.17) is 5.84 Å². The zero-order chi connectivity index (χ0) is 10.1. The van der Waals surface area contributed by atoms with Crippen LogP contribution in [0.1, 0.15) is 18.0 Å². The van der Waals surface area contributed by atoms with Crippen LogP contribution in [-0.2, 0) is 4.79 Å². The number of hydrazine groups is 1. The third-order valence-corrected chi connectivity index (χ3v) is 2.63. The van der Waals surface area contributed by atoms with Gasteiger partial charge in [-0.15, -0.1) is 0 Å². The molecule has 14 heavy (non-hydrogen) atoms. The molecular weight excluding hydrogens is 178 g/mol. The van der Waals surface area contributed by atoms with Crippen LogP contribution in [0.3, 0.4) is 0 Å². The molecule has 0 fully saturated rings. The second-order valence-electron chi connectivity index (χ2n) is 3.43. The Morgan fingerprint density at radius 2 is 2.21 bits per heavy atom. The van der Waals surface area contributed by atoms with E-state index in [1.54, 1.807) is 11.9 Å². The van der Waals surface area contributed by atoms with E-state index in [0.717, 1.165) is 11.3 Å². The maximum absolute atomic E-state index is 11.6. The molecule has 2 rings (SSSR count). The highest BCUT2D eigenvalue weighted by Crippen LogP contribution is 2.32. The normalized spacial score (nSPS) is 20.9. The predicted octanol–water partition coefficient (Wildman–Crippen LogP) is 0.558. The highest BCUT2D eigenvalue weighted by Gasteiger charge is 2.27. The topological polar surface area (TPSA) is 58.4 Å². The fourth-order valence-electron chi connectivity index (χ4n) is 1.79. The van der Waals surface area contributed by atoms with Crippen molar-refractivity contribution in [3.8, 4) is 0 Å². The van der Waals surface area contributed by atoms with Crippen LogP contribution in [0, 0.1) is 0 Å². The van der Waals surface area contributed by atoms with E-state index in [-0.39, 0.29) is 11.9 Å². The van der Waals surface area contributed by atoms with Crippen molar-refractivity contribution in [3.63, 3.8) is 0 Å². The summed E-state index contributed by atoms with van der Waals surface area (Å²) in [4.78, 5) is 13.2. The first kappa shape index (κ1) is 9.18. The number of carbonyl (C=O) groups is 1. The molecule has 0 radical (unpaired) electrons. The number of amides is 1. The van der Waals surface area contributed by atoms with E-state index in [1.165, 1.54) is 0 Å². The van der Waals surface area contributed by atoms with E-state index >= 15 is 0 Å². The Hall–Kier alpha value is -1.39. The lowest BCUT2D eigenvalue weighted by atomic mass is 9.97. The fraction of sp³-hybridized carbons (Fsp3) is 0.300. The lowest BCUT2D eigenvalue weighted by molar-refractivity contribution is -0.119. The van der Waals surface area contributed by atoms with Gasteiger partial charge in [-0.3, -0.25) is 16.1 Å². The van der Waals surface area contributed by atoms with Crippen LogP contribution in [0.4, 0.5) is 5.69 Å². The number of benzene rings is 1. The van der Waals surface area contributed by atoms with E-state index in [1.807, 2.05) is 24.3 Å². The summed E-state index contributed by atoms with van der Waals surface area (Å²) in [6.07, 6.45) is 0.421. The maximum atomic E-state index is 11.6. The van der Waals surface area contributed by atoms with Crippen molar-refractivity contribution < 1.29 is 4.79 Å². The van der Waals surface area contributed by atoms with Crippen LogP contribution in [0.5, 0.6) is 0 Å². The van der Waals surface area contributed by atoms with Gasteiger partial charge < -0.3 is 4.90 Å². The third-order valence-electron chi connectivity index (χ3n) is 2.63.